The molecule has 0 fully saturated rings. The zero-order chi connectivity index (χ0) is 16.8. The van der Waals surface area contributed by atoms with Gasteiger partial charge in [0.1, 0.15) is 0 Å². The second-order valence-corrected chi connectivity index (χ2v) is 5.45. The zero-order valence-electron chi connectivity index (χ0n) is 12.9. The highest BCUT2D eigenvalue weighted by Gasteiger charge is 2.13. The van der Waals surface area contributed by atoms with Gasteiger partial charge in [0.2, 0.25) is 0 Å². The van der Waals surface area contributed by atoms with Gasteiger partial charge in [0, 0.05) is 10.6 Å². The Labute approximate surface area is 145 Å². The van der Waals surface area contributed by atoms with E-state index in [1.54, 1.807) is 36.4 Å². The summed E-state index contributed by atoms with van der Waals surface area (Å²) in [7, 11) is 0. The van der Waals surface area contributed by atoms with Crippen LogP contribution in [-0.2, 0) is 0 Å². The minimum absolute atomic E-state index is 0.293. The summed E-state index contributed by atoms with van der Waals surface area (Å²) < 4.78 is 11.0. The minimum Gasteiger partial charge on any atom is -0.490 e. The highest BCUT2D eigenvalue weighted by atomic mass is 35.5. The van der Waals surface area contributed by atoms with Crippen molar-refractivity contribution in [2.24, 2.45) is 0 Å². The van der Waals surface area contributed by atoms with Gasteiger partial charge >= 0.3 is 0 Å². The number of hydrogen-bond donors (Lipinski definition) is 1. The summed E-state index contributed by atoms with van der Waals surface area (Å²) in [5.41, 5.74) is 0.941. The number of ether oxygens (including phenoxy) is 2. The van der Waals surface area contributed by atoms with Gasteiger partial charge in [-0.25, -0.2) is 0 Å². The number of carbonyl (C=O) groups excluding carboxylic acids is 1. The van der Waals surface area contributed by atoms with Gasteiger partial charge in [0.25, 0.3) is 5.91 Å². The van der Waals surface area contributed by atoms with Crippen LogP contribution < -0.4 is 14.8 Å². The van der Waals surface area contributed by atoms with Gasteiger partial charge < -0.3 is 14.8 Å². The standard InChI is InChI=1S/C17H17Cl2NO3/c1-3-22-15-8-5-11(9-16(15)23-4-2)17(21)20-14-7-6-12(18)10-13(14)19/h5-10H,3-4H2,1-2H3,(H,20,21). The van der Waals surface area contributed by atoms with Gasteiger partial charge in [0.05, 0.1) is 23.9 Å². The van der Waals surface area contributed by atoms with Crippen LogP contribution >= 0.6 is 23.2 Å². The summed E-state index contributed by atoms with van der Waals surface area (Å²) in [4.78, 5) is 12.4. The van der Waals surface area contributed by atoms with Crippen LogP contribution in [-0.4, -0.2) is 19.1 Å². The van der Waals surface area contributed by atoms with Crippen LogP contribution in [0.4, 0.5) is 5.69 Å². The smallest absolute Gasteiger partial charge is 0.255 e. The van der Waals surface area contributed by atoms with E-state index in [0.29, 0.717) is 46.0 Å². The molecule has 2 rings (SSSR count). The first-order valence-corrected chi connectivity index (χ1v) is 7.96. The first kappa shape index (κ1) is 17.4. The number of halogens is 2. The molecule has 0 spiro atoms. The number of anilines is 1. The van der Waals surface area contributed by atoms with E-state index in [0.717, 1.165) is 0 Å². The number of rotatable bonds is 6. The number of benzene rings is 2. The molecule has 122 valence electrons. The van der Waals surface area contributed by atoms with Crippen molar-refractivity contribution in [2.75, 3.05) is 18.5 Å². The third kappa shape index (κ3) is 4.53. The summed E-state index contributed by atoms with van der Waals surface area (Å²) in [6.07, 6.45) is 0. The maximum absolute atomic E-state index is 12.4. The monoisotopic (exact) mass is 353 g/mol. The van der Waals surface area contributed by atoms with E-state index in [-0.39, 0.29) is 5.91 Å². The van der Waals surface area contributed by atoms with Gasteiger partial charge in [-0.15, -0.1) is 0 Å². The predicted molar refractivity (Wildman–Crippen MR) is 93.2 cm³/mol. The normalized spacial score (nSPS) is 10.3. The summed E-state index contributed by atoms with van der Waals surface area (Å²) in [6, 6.07) is 9.92. The highest BCUT2D eigenvalue weighted by Crippen LogP contribution is 2.30. The van der Waals surface area contributed by atoms with E-state index < -0.39 is 0 Å². The number of hydrogen-bond acceptors (Lipinski definition) is 3. The first-order valence-electron chi connectivity index (χ1n) is 7.21. The average Bonchev–Trinajstić information content (AvgIpc) is 2.52. The molecule has 0 heterocycles. The molecule has 1 amide bonds. The van der Waals surface area contributed by atoms with Crippen molar-refractivity contribution in [1.82, 2.24) is 0 Å². The van der Waals surface area contributed by atoms with Crippen LogP contribution in [0.3, 0.4) is 0 Å². The van der Waals surface area contributed by atoms with Crippen LogP contribution in [0.15, 0.2) is 36.4 Å². The van der Waals surface area contributed by atoms with Crippen LogP contribution in [0, 0.1) is 0 Å². The third-order valence-electron chi connectivity index (χ3n) is 2.98. The van der Waals surface area contributed by atoms with Crippen LogP contribution in [0.25, 0.3) is 0 Å². The van der Waals surface area contributed by atoms with E-state index in [1.165, 1.54) is 0 Å². The van der Waals surface area contributed by atoms with Gasteiger partial charge in [-0.3, -0.25) is 4.79 Å². The van der Waals surface area contributed by atoms with Crippen molar-refractivity contribution in [2.45, 2.75) is 13.8 Å². The largest absolute Gasteiger partial charge is 0.490 e. The second-order valence-electron chi connectivity index (χ2n) is 4.61. The van der Waals surface area contributed by atoms with Crippen molar-refractivity contribution >= 4 is 34.8 Å². The highest BCUT2D eigenvalue weighted by molar-refractivity contribution is 6.36. The fourth-order valence-electron chi connectivity index (χ4n) is 1.98. The third-order valence-corrected chi connectivity index (χ3v) is 3.53. The minimum atomic E-state index is -0.293. The molecule has 0 saturated carbocycles. The molecule has 0 saturated heterocycles. The maximum Gasteiger partial charge on any atom is 0.255 e. The lowest BCUT2D eigenvalue weighted by Gasteiger charge is -2.13. The zero-order valence-corrected chi connectivity index (χ0v) is 14.4. The Bertz CT molecular complexity index is 704. The van der Waals surface area contributed by atoms with Crippen molar-refractivity contribution in [3.05, 3.63) is 52.0 Å². The summed E-state index contributed by atoms with van der Waals surface area (Å²) in [5.74, 6) is 0.845. The van der Waals surface area contributed by atoms with Gasteiger partial charge in [-0.05, 0) is 50.2 Å². The lowest BCUT2D eigenvalue weighted by Crippen LogP contribution is -2.12. The van der Waals surface area contributed by atoms with E-state index >= 15 is 0 Å². The Morgan fingerprint density at radius 3 is 2.35 bits per heavy atom. The average molecular weight is 354 g/mol. The molecule has 0 bridgehead atoms. The Kier molecular flexibility index (Phi) is 6.13. The van der Waals surface area contributed by atoms with Gasteiger partial charge in [-0.2, -0.15) is 0 Å². The lowest BCUT2D eigenvalue weighted by molar-refractivity contribution is 0.102. The molecular formula is C17H17Cl2NO3. The van der Waals surface area contributed by atoms with Crippen molar-refractivity contribution in [3.8, 4) is 11.5 Å². The van der Waals surface area contributed by atoms with Gasteiger partial charge in [0.15, 0.2) is 11.5 Å². The van der Waals surface area contributed by atoms with Crippen LogP contribution in [0.1, 0.15) is 24.2 Å². The second kappa shape index (κ2) is 8.09. The molecule has 0 aliphatic rings. The Morgan fingerprint density at radius 2 is 1.70 bits per heavy atom. The Hall–Kier alpha value is -1.91. The molecule has 0 aliphatic carbocycles. The molecule has 6 heteroatoms. The van der Waals surface area contributed by atoms with E-state index in [9.17, 15) is 4.79 Å². The van der Waals surface area contributed by atoms with Crippen LogP contribution in [0.5, 0.6) is 11.5 Å². The van der Waals surface area contributed by atoms with Crippen LogP contribution in [0.2, 0.25) is 10.0 Å². The molecule has 0 radical (unpaired) electrons. The molecule has 0 atom stereocenters. The molecule has 0 aromatic heterocycles. The number of nitrogens with one attached hydrogen (secondary N) is 1. The summed E-state index contributed by atoms with van der Waals surface area (Å²) in [6.45, 7) is 4.76. The van der Waals surface area contributed by atoms with E-state index in [2.05, 4.69) is 5.32 Å². The van der Waals surface area contributed by atoms with Gasteiger partial charge in [-0.1, -0.05) is 23.2 Å². The van der Waals surface area contributed by atoms with Crippen molar-refractivity contribution in [1.29, 1.82) is 0 Å². The van der Waals surface area contributed by atoms with E-state index in [1.807, 2.05) is 13.8 Å². The van der Waals surface area contributed by atoms with Crippen molar-refractivity contribution < 1.29 is 14.3 Å². The summed E-state index contributed by atoms with van der Waals surface area (Å²) >= 11 is 11.9. The lowest BCUT2D eigenvalue weighted by atomic mass is 10.2. The molecule has 0 unspecified atom stereocenters. The Morgan fingerprint density at radius 1 is 1.00 bits per heavy atom. The number of carbonyl (C=O) groups is 1. The Balaban J connectivity index is 2.23. The molecule has 23 heavy (non-hydrogen) atoms. The molecule has 1 N–H and O–H groups in total. The topological polar surface area (TPSA) is 47.6 Å². The number of amides is 1. The molecule has 4 nitrogen and oxygen atoms in total. The molecular weight excluding hydrogens is 337 g/mol. The fourth-order valence-corrected chi connectivity index (χ4v) is 2.43. The quantitative estimate of drug-likeness (QED) is 0.790. The molecule has 2 aromatic carbocycles. The molecule has 0 aliphatic heterocycles. The maximum atomic E-state index is 12.4. The SMILES string of the molecule is CCOc1ccc(C(=O)Nc2ccc(Cl)cc2Cl)cc1OCC. The predicted octanol–water partition coefficient (Wildman–Crippen LogP) is 5.04. The van der Waals surface area contributed by atoms with Crippen molar-refractivity contribution in [3.63, 3.8) is 0 Å². The first-order chi connectivity index (χ1) is 11.0. The summed E-state index contributed by atoms with van der Waals surface area (Å²) in [5, 5.41) is 3.63. The fraction of sp³-hybridized carbons (Fsp3) is 0.235. The molecule has 2 aromatic rings. The van der Waals surface area contributed by atoms with E-state index in [4.69, 9.17) is 32.7 Å².